The normalized spacial score (nSPS) is 10.6. The molecule has 0 saturated carbocycles. The van der Waals surface area contributed by atoms with Crippen molar-refractivity contribution in [3.8, 4) is 0 Å². The molecule has 1 aromatic carbocycles. The standard InChI is InChI=1S/C13H12F2N2O2S/c1-2-8-5-6-20-11(8)7-16-13-10(17(18)19)4-3-9(14)12(13)15/h3-6,16H,2,7H2,1H3. The molecule has 0 amide bonds. The molecule has 0 unspecified atom stereocenters. The van der Waals surface area contributed by atoms with Crippen molar-refractivity contribution in [1.82, 2.24) is 0 Å². The van der Waals surface area contributed by atoms with E-state index in [0.29, 0.717) is 0 Å². The zero-order valence-corrected chi connectivity index (χ0v) is 11.5. The lowest BCUT2D eigenvalue weighted by atomic mass is 10.2. The Bertz CT molecular complexity index is 643. The van der Waals surface area contributed by atoms with Crippen LogP contribution in [-0.4, -0.2) is 4.92 Å². The fraction of sp³-hybridized carbons (Fsp3) is 0.231. The molecule has 7 heteroatoms. The number of nitrogens with zero attached hydrogens (tertiary/aromatic N) is 1. The van der Waals surface area contributed by atoms with Gasteiger partial charge in [-0.05, 0) is 29.5 Å². The Morgan fingerprint density at radius 1 is 1.35 bits per heavy atom. The summed E-state index contributed by atoms with van der Waals surface area (Å²) in [4.78, 5) is 11.1. The van der Waals surface area contributed by atoms with E-state index < -0.39 is 27.9 Å². The van der Waals surface area contributed by atoms with Crippen LogP contribution in [0, 0.1) is 21.7 Å². The van der Waals surface area contributed by atoms with E-state index in [1.54, 1.807) is 0 Å². The first-order valence-corrected chi connectivity index (χ1v) is 6.84. The predicted octanol–water partition coefficient (Wildman–Crippen LogP) is 4.11. The number of nitro groups is 1. The fourth-order valence-electron chi connectivity index (χ4n) is 1.87. The maximum atomic E-state index is 13.7. The molecule has 0 spiro atoms. The number of anilines is 1. The summed E-state index contributed by atoms with van der Waals surface area (Å²) in [6.07, 6.45) is 0.814. The van der Waals surface area contributed by atoms with Gasteiger partial charge in [-0.2, -0.15) is 0 Å². The van der Waals surface area contributed by atoms with E-state index in [0.717, 1.165) is 29.0 Å². The summed E-state index contributed by atoms with van der Waals surface area (Å²) in [6, 6.07) is 3.65. The van der Waals surface area contributed by atoms with Gasteiger partial charge < -0.3 is 5.32 Å². The minimum atomic E-state index is -1.23. The van der Waals surface area contributed by atoms with Crippen molar-refractivity contribution in [1.29, 1.82) is 0 Å². The third kappa shape index (κ3) is 2.77. The van der Waals surface area contributed by atoms with E-state index >= 15 is 0 Å². The number of rotatable bonds is 5. The van der Waals surface area contributed by atoms with E-state index in [1.165, 1.54) is 11.3 Å². The quantitative estimate of drug-likeness (QED) is 0.667. The van der Waals surface area contributed by atoms with Crippen molar-refractivity contribution in [3.63, 3.8) is 0 Å². The van der Waals surface area contributed by atoms with Crippen LogP contribution in [0.15, 0.2) is 23.6 Å². The lowest BCUT2D eigenvalue weighted by molar-refractivity contribution is -0.384. The highest BCUT2D eigenvalue weighted by Gasteiger charge is 2.21. The highest BCUT2D eigenvalue weighted by molar-refractivity contribution is 7.10. The second-order valence-corrected chi connectivity index (χ2v) is 5.09. The highest BCUT2D eigenvalue weighted by atomic mass is 32.1. The average Bonchev–Trinajstić information content (AvgIpc) is 2.87. The number of nitro benzene ring substituents is 1. The lowest BCUT2D eigenvalue weighted by Gasteiger charge is -2.08. The van der Waals surface area contributed by atoms with Gasteiger partial charge in [0.1, 0.15) is 0 Å². The molecule has 1 heterocycles. The van der Waals surface area contributed by atoms with E-state index in [1.807, 2.05) is 18.4 Å². The first-order valence-electron chi connectivity index (χ1n) is 5.96. The summed E-state index contributed by atoms with van der Waals surface area (Å²) in [5, 5.41) is 15.4. The summed E-state index contributed by atoms with van der Waals surface area (Å²) in [5.74, 6) is -2.34. The van der Waals surface area contributed by atoms with Crippen LogP contribution < -0.4 is 5.32 Å². The van der Waals surface area contributed by atoms with Gasteiger partial charge >= 0.3 is 0 Å². The first kappa shape index (κ1) is 14.4. The van der Waals surface area contributed by atoms with Gasteiger partial charge in [-0.25, -0.2) is 8.78 Å². The maximum absolute atomic E-state index is 13.7. The SMILES string of the molecule is CCc1ccsc1CNc1c([N+](=O)[O-])ccc(F)c1F. The molecule has 20 heavy (non-hydrogen) atoms. The third-order valence-electron chi connectivity index (χ3n) is 2.91. The molecule has 0 aliphatic heterocycles. The Labute approximate surface area is 118 Å². The molecule has 2 aromatic rings. The molecule has 1 N–H and O–H groups in total. The highest BCUT2D eigenvalue weighted by Crippen LogP contribution is 2.30. The summed E-state index contributed by atoms with van der Waals surface area (Å²) < 4.78 is 26.9. The van der Waals surface area contributed by atoms with Crippen molar-refractivity contribution >= 4 is 22.7 Å². The van der Waals surface area contributed by atoms with Crippen LogP contribution in [-0.2, 0) is 13.0 Å². The summed E-state index contributed by atoms with van der Waals surface area (Å²) in [5.41, 5.74) is 0.200. The monoisotopic (exact) mass is 298 g/mol. The van der Waals surface area contributed by atoms with Crippen LogP contribution >= 0.6 is 11.3 Å². The number of aryl methyl sites for hydroxylation is 1. The van der Waals surface area contributed by atoms with Crippen LogP contribution in [0.5, 0.6) is 0 Å². The van der Waals surface area contributed by atoms with Gasteiger partial charge in [0, 0.05) is 17.5 Å². The van der Waals surface area contributed by atoms with Crippen molar-refractivity contribution in [2.75, 3.05) is 5.32 Å². The number of nitrogens with one attached hydrogen (secondary N) is 1. The molecule has 106 valence electrons. The van der Waals surface area contributed by atoms with Crippen LogP contribution in [0.3, 0.4) is 0 Å². The first-order chi connectivity index (χ1) is 9.54. The molecular formula is C13H12F2N2O2S. The molecule has 0 radical (unpaired) electrons. The van der Waals surface area contributed by atoms with Crippen molar-refractivity contribution in [3.05, 3.63) is 55.8 Å². The van der Waals surface area contributed by atoms with Crippen molar-refractivity contribution < 1.29 is 13.7 Å². The molecule has 0 saturated heterocycles. The number of thiophene rings is 1. The molecule has 2 rings (SSSR count). The molecular weight excluding hydrogens is 286 g/mol. The second-order valence-electron chi connectivity index (χ2n) is 4.09. The predicted molar refractivity (Wildman–Crippen MR) is 74.0 cm³/mol. The summed E-state index contributed by atoms with van der Waals surface area (Å²) >= 11 is 1.47. The third-order valence-corrected chi connectivity index (χ3v) is 3.88. The molecule has 1 aromatic heterocycles. The number of benzene rings is 1. The van der Waals surface area contributed by atoms with Gasteiger partial charge in [-0.3, -0.25) is 10.1 Å². The van der Waals surface area contributed by atoms with Crippen LogP contribution in [0.25, 0.3) is 0 Å². The fourth-order valence-corrected chi connectivity index (χ4v) is 2.78. The molecule has 4 nitrogen and oxygen atoms in total. The van der Waals surface area contributed by atoms with Crippen LogP contribution in [0.4, 0.5) is 20.2 Å². The van der Waals surface area contributed by atoms with Crippen molar-refractivity contribution in [2.45, 2.75) is 19.9 Å². The molecule has 0 bridgehead atoms. The molecule has 0 aliphatic carbocycles. The number of hydrogen-bond acceptors (Lipinski definition) is 4. The second kappa shape index (κ2) is 5.96. The smallest absolute Gasteiger partial charge is 0.295 e. The van der Waals surface area contributed by atoms with Crippen LogP contribution in [0.2, 0.25) is 0 Å². The van der Waals surface area contributed by atoms with E-state index in [2.05, 4.69) is 5.32 Å². The summed E-state index contributed by atoms with van der Waals surface area (Å²) in [6.45, 7) is 2.21. The Morgan fingerprint density at radius 3 is 2.75 bits per heavy atom. The van der Waals surface area contributed by atoms with E-state index in [9.17, 15) is 18.9 Å². The average molecular weight is 298 g/mol. The molecule has 0 aliphatic rings. The molecule has 0 fully saturated rings. The maximum Gasteiger partial charge on any atom is 0.295 e. The Balaban J connectivity index is 2.29. The van der Waals surface area contributed by atoms with Gasteiger partial charge in [0.25, 0.3) is 5.69 Å². The molecule has 0 atom stereocenters. The Hall–Kier alpha value is -2.02. The van der Waals surface area contributed by atoms with Gasteiger partial charge in [0.15, 0.2) is 17.3 Å². The minimum absolute atomic E-state index is 0.224. The van der Waals surface area contributed by atoms with Gasteiger partial charge in [0.2, 0.25) is 0 Å². The lowest BCUT2D eigenvalue weighted by Crippen LogP contribution is -2.06. The van der Waals surface area contributed by atoms with E-state index in [-0.39, 0.29) is 6.54 Å². The van der Waals surface area contributed by atoms with Gasteiger partial charge in [-0.1, -0.05) is 6.92 Å². The largest absolute Gasteiger partial charge is 0.372 e. The van der Waals surface area contributed by atoms with Gasteiger partial charge in [0.05, 0.1) is 4.92 Å². The summed E-state index contributed by atoms with van der Waals surface area (Å²) in [7, 11) is 0. The van der Waals surface area contributed by atoms with E-state index in [4.69, 9.17) is 0 Å². The Kier molecular flexibility index (Phi) is 4.29. The van der Waals surface area contributed by atoms with Gasteiger partial charge in [-0.15, -0.1) is 11.3 Å². The number of hydrogen-bond donors (Lipinski definition) is 1. The zero-order valence-electron chi connectivity index (χ0n) is 10.7. The van der Waals surface area contributed by atoms with Crippen molar-refractivity contribution in [2.24, 2.45) is 0 Å². The Morgan fingerprint density at radius 2 is 2.10 bits per heavy atom. The topological polar surface area (TPSA) is 55.2 Å². The zero-order chi connectivity index (χ0) is 14.7. The minimum Gasteiger partial charge on any atom is -0.372 e. The number of halogens is 2. The van der Waals surface area contributed by atoms with Crippen LogP contribution in [0.1, 0.15) is 17.4 Å².